The van der Waals surface area contributed by atoms with Crippen molar-refractivity contribution in [2.24, 2.45) is 0 Å². The van der Waals surface area contributed by atoms with Crippen molar-refractivity contribution in [3.63, 3.8) is 0 Å². The van der Waals surface area contributed by atoms with Crippen LogP contribution in [0.25, 0.3) is 90.4 Å². The van der Waals surface area contributed by atoms with Crippen LogP contribution in [0.5, 0.6) is 0 Å². The van der Waals surface area contributed by atoms with Crippen LogP contribution in [0, 0.1) is 13.8 Å². The highest BCUT2D eigenvalue weighted by atomic mass is 15.1. The van der Waals surface area contributed by atoms with Crippen molar-refractivity contribution in [1.29, 1.82) is 0 Å². The fourth-order valence-corrected chi connectivity index (χ4v) is 7.13. The van der Waals surface area contributed by atoms with Gasteiger partial charge in [-0.05, 0) is 80.6 Å². The number of pyridine rings is 2. The average Bonchev–Trinajstić information content (AvgIpc) is 3.84. The van der Waals surface area contributed by atoms with Gasteiger partial charge in [-0.1, -0.05) is 83.9 Å². The summed E-state index contributed by atoms with van der Waals surface area (Å²) >= 11 is 0. The van der Waals surface area contributed by atoms with Gasteiger partial charge < -0.3 is 0 Å². The number of aromatic nitrogens is 9. The van der Waals surface area contributed by atoms with Crippen LogP contribution < -0.4 is 0 Å². The van der Waals surface area contributed by atoms with Crippen LogP contribution in [0.4, 0.5) is 0 Å². The molecule has 0 aliphatic carbocycles. The first-order valence-electron chi connectivity index (χ1n) is 18.4. The number of imidazole rings is 2. The summed E-state index contributed by atoms with van der Waals surface area (Å²) in [7, 11) is 0. The Balaban J connectivity index is 1.28. The van der Waals surface area contributed by atoms with Gasteiger partial charge in [-0.15, -0.1) is 0 Å². The van der Waals surface area contributed by atoms with Gasteiger partial charge in [-0.3, -0.25) is 19.1 Å². The minimum atomic E-state index is 0.535. The molecule has 9 heteroatoms. The summed E-state index contributed by atoms with van der Waals surface area (Å²) in [6, 6.07) is 47.3. The maximum Gasteiger partial charge on any atom is 0.164 e. The Hall–Kier alpha value is -7.65. The molecular formula is C47H33N9. The normalized spacial score (nSPS) is 11.4. The quantitative estimate of drug-likeness (QED) is 0.161. The van der Waals surface area contributed by atoms with E-state index in [1.54, 1.807) is 24.8 Å². The number of nitrogens with zero attached hydrogens (tertiary/aromatic N) is 9. The number of fused-ring (bicyclic) bond motifs is 2. The number of aryl methyl sites for hydroxylation is 2. The topological polar surface area (TPSA) is 100 Å². The molecule has 0 amide bonds. The van der Waals surface area contributed by atoms with Crippen LogP contribution in [-0.2, 0) is 0 Å². The highest BCUT2D eigenvalue weighted by Crippen LogP contribution is 2.37. The lowest BCUT2D eigenvalue weighted by atomic mass is 10.0. The number of hydrogen-bond donors (Lipinski definition) is 0. The van der Waals surface area contributed by atoms with E-state index in [0.29, 0.717) is 17.5 Å². The third kappa shape index (κ3) is 5.97. The highest BCUT2D eigenvalue weighted by Gasteiger charge is 2.22. The summed E-state index contributed by atoms with van der Waals surface area (Å²) in [5.74, 6) is 3.24. The molecule has 0 saturated heterocycles. The van der Waals surface area contributed by atoms with Crippen LogP contribution in [-0.4, -0.2) is 44.0 Å². The van der Waals surface area contributed by atoms with Gasteiger partial charge in [0.25, 0.3) is 0 Å². The van der Waals surface area contributed by atoms with Crippen LogP contribution >= 0.6 is 0 Å². The predicted octanol–water partition coefficient (Wildman–Crippen LogP) is 10.3. The Kier molecular flexibility index (Phi) is 8.03. The van der Waals surface area contributed by atoms with Crippen LogP contribution in [0.3, 0.4) is 0 Å². The lowest BCUT2D eigenvalue weighted by Gasteiger charge is -2.15. The number of hydrogen-bond acceptors (Lipinski definition) is 7. The van der Waals surface area contributed by atoms with Gasteiger partial charge in [-0.2, -0.15) is 0 Å². The molecule has 9 nitrogen and oxygen atoms in total. The van der Waals surface area contributed by atoms with Gasteiger partial charge in [0, 0.05) is 52.6 Å². The maximum atomic E-state index is 5.25. The standard InChI is InChI=1S/C47H33N9/c1-30-11-15-32(16-12-30)43-52-44(33-17-13-31(2)14-18-33)54-45(53-43)34-27-35(46-50-39-7-3-5-9-41(39)55(46)37-19-23-48-24-20-37)29-36(28-34)47-51-40-8-4-6-10-42(40)56(47)38-21-25-49-26-22-38/h3-29H,1-2H3. The van der Waals surface area contributed by atoms with Crippen LogP contribution in [0.2, 0.25) is 0 Å². The van der Waals surface area contributed by atoms with E-state index >= 15 is 0 Å². The molecule has 10 aromatic rings. The second-order valence-corrected chi connectivity index (χ2v) is 13.8. The van der Waals surface area contributed by atoms with Gasteiger partial charge in [-0.25, -0.2) is 24.9 Å². The predicted molar refractivity (Wildman–Crippen MR) is 221 cm³/mol. The van der Waals surface area contributed by atoms with Gasteiger partial charge >= 0.3 is 0 Å². The summed E-state index contributed by atoms with van der Waals surface area (Å²) in [5, 5.41) is 0. The van der Waals surface area contributed by atoms with E-state index in [4.69, 9.17) is 24.9 Å². The van der Waals surface area contributed by atoms with Gasteiger partial charge in [0.1, 0.15) is 11.6 Å². The second-order valence-electron chi connectivity index (χ2n) is 13.8. The fraction of sp³-hybridized carbons (Fsp3) is 0.0426. The first-order valence-corrected chi connectivity index (χ1v) is 18.4. The molecule has 0 aliphatic rings. The molecule has 0 N–H and O–H groups in total. The molecule has 0 spiro atoms. The summed E-state index contributed by atoms with van der Waals surface area (Å²) in [6.07, 6.45) is 7.21. The van der Waals surface area contributed by atoms with Crippen molar-refractivity contribution in [1.82, 2.24) is 44.0 Å². The largest absolute Gasteiger partial charge is 0.292 e. The molecule has 0 radical (unpaired) electrons. The first-order chi connectivity index (χ1) is 27.6. The zero-order chi connectivity index (χ0) is 37.6. The van der Waals surface area contributed by atoms with E-state index in [1.807, 2.05) is 60.7 Å². The molecule has 5 aromatic carbocycles. The molecule has 56 heavy (non-hydrogen) atoms. The van der Waals surface area contributed by atoms with Gasteiger partial charge in [0.15, 0.2) is 17.5 Å². The lowest BCUT2D eigenvalue weighted by Crippen LogP contribution is -2.03. The molecule has 266 valence electrons. The summed E-state index contributed by atoms with van der Waals surface area (Å²) in [4.78, 5) is 34.5. The Morgan fingerprint density at radius 3 is 1.16 bits per heavy atom. The summed E-state index contributed by atoms with van der Waals surface area (Å²) < 4.78 is 4.35. The summed E-state index contributed by atoms with van der Waals surface area (Å²) in [6.45, 7) is 4.15. The van der Waals surface area contributed by atoms with E-state index in [0.717, 1.165) is 84.0 Å². The Morgan fingerprint density at radius 2 is 0.732 bits per heavy atom. The molecular weight excluding hydrogens is 691 g/mol. The van der Waals surface area contributed by atoms with E-state index in [-0.39, 0.29) is 0 Å². The Labute approximate surface area is 322 Å². The molecule has 0 fully saturated rings. The molecule has 0 bridgehead atoms. The third-order valence-corrected chi connectivity index (χ3v) is 9.93. The van der Waals surface area contributed by atoms with E-state index < -0.39 is 0 Å². The zero-order valence-electron chi connectivity index (χ0n) is 30.6. The average molecular weight is 724 g/mol. The molecule has 0 atom stereocenters. The minimum Gasteiger partial charge on any atom is -0.292 e. The summed E-state index contributed by atoms with van der Waals surface area (Å²) in [5.41, 5.74) is 12.3. The van der Waals surface area contributed by atoms with E-state index in [9.17, 15) is 0 Å². The first kappa shape index (κ1) is 33.0. The van der Waals surface area contributed by atoms with Crippen molar-refractivity contribution in [3.05, 3.63) is 175 Å². The zero-order valence-corrected chi connectivity index (χ0v) is 30.6. The second kappa shape index (κ2) is 13.6. The number of para-hydroxylation sites is 4. The lowest BCUT2D eigenvalue weighted by molar-refractivity contribution is 1.07. The molecule has 0 saturated carbocycles. The molecule has 0 unspecified atom stereocenters. The van der Waals surface area contributed by atoms with Crippen LogP contribution in [0.1, 0.15) is 11.1 Å². The fourth-order valence-electron chi connectivity index (χ4n) is 7.13. The highest BCUT2D eigenvalue weighted by molar-refractivity contribution is 5.88. The van der Waals surface area contributed by atoms with Crippen molar-refractivity contribution in [2.45, 2.75) is 13.8 Å². The molecule has 5 heterocycles. The molecule has 10 rings (SSSR count). The van der Waals surface area contributed by atoms with Crippen molar-refractivity contribution < 1.29 is 0 Å². The minimum absolute atomic E-state index is 0.535. The van der Waals surface area contributed by atoms with Crippen LogP contribution in [0.15, 0.2) is 164 Å². The number of benzene rings is 5. The SMILES string of the molecule is Cc1ccc(-c2nc(-c3ccc(C)cc3)nc(-c3cc(-c4nc5ccccc5n4-c4ccncc4)cc(-c4nc5ccccc5n4-c4ccncc4)c3)n2)cc1. The van der Waals surface area contributed by atoms with E-state index in [1.165, 1.54) is 0 Å². The Bertz CT molecular complexity index is 2820. The Morgan fingerprint density at radius 1 is 0.357 bits per heavy atom. The molecule has 5 aromatic heterocycles. The number of rotatable bonds is 7. The van der Waals surface area contributed by atoms with Gasteiger partial charge in [0.05, 0.1) is 33.4 Å². The maximum absolute atomic E-state index is 5.25. The monoisotopic (exact) mass is 723 g/mol. The smallest absolute Gasteiger partial charge is 0.164 e. The van der Waals surface area contributed by atoms with Crippen molar-refractivity contribution >= 4 is 22.1 Å². The third-order valence-electron chi connectivity index (χ3n) is 9.93. The van der Waals surface area contributed by atoms with Crippen molar-refractivity contribution in [2.75, 3.05) is 0 Å². The molecule has 0 aliphatic heterocycles. The van der Waals surface area contributed by atoms with E-state index in [2.05, 4.69) is 112 Å². The van der Waals surface area contributed by atoms with Crippen molar-refractivity contribution in [3.8, 4) is 68.3 Å². The van der Waals surface area contributed by atoms with Gasteiger partial charge in [0.2, 0.25) is 0 Å².